The molecular formula is C7H16ClN2+. The molecule has 0 bridgehead atoms. The highest BCUT2D eigenvalue weighted by atomic mass is 35.5. The summed E-state index contributed by atoms with van der Waals surface area (Å²) in [5.74, 6) is 0. The summed E-state index contributed by atoms with van der Waals surface area (Å²) in [6.45, 7) is 0.889. The van der Waals surface area contributed by atoms with E-state index in [0.717, 1.165) is 6.54 Å². The number of hydrogen-bond acceptors (Lipinski definition) is 1. The van der Waals surface area contributed by atoms with E-state index in [1.807, 2.05) is 39.0 Å². The van der Waals surface area contributed by atoms with E-state index in [-0.39, 0.29) is 5.38 Å². The van der Waals surface area contributed by atoms with Gasteiger partial charge in [-0.15, -0.1) is 11.6 Å². The molecule has 0 aliphatic rings. The predicted octanol–water partition coefficient (Wildman–Crippen LogP) is 0.498. The third kappa shape index (κ3) is 6.05. The zero-order chi connectivity index (χ0) is 8.15. The molecule has 0 rings (SSSR count). The number of alkyl halides is 1. The van der Waals surface area contributed by atoms with Crippen LogP contribution in [0.3, 0.4) is 0 Å². The minimum atomic E-state index is 0.116. The van der Waals surface area contributed by atoms with E-state index in [9.17, 15) is 0 Å². The highest BCUT2D eigenvalue weighted by Crippen LogP contribution is 1.92. The lowest BCUT2D eigenvalue weighted by atomic mass is 10.4. The van der Waals surface area contributed by atoms with Gasteiger partial charge in [-0.2, -0.15) is 0 Å². The van der Waals surface area contributed by atoms with Gasteiger partial charge >= 0.3 is 0 Å². The summed E-state index contributed by atoms with van der Waals surface area (Å²) < 4.78 is 1.97. The molecule has 60 valence electrons. The van der Waals surface area contributed by atoms with E-state index >= 15 is 0 Å². The first kappa shape index (κ1) is 9.92. The van der Waals surface area contributed by atoms with Gasteiger partial charge in [0.1, 0.15) is 19.5 Å². The topological polar surface area (TPSA) is 6.25 Å². The largest absolute Gasteiger partial charge is 0.307 e. The Bertz CT molecular complexity index is 117. The molecule has 0 aromatic heterocycles. The summed E-state index contributed by atoms with van der Waals surface area (Å²) >= 11 is 5.93. The van der Waals surface area contributed by atoms with Crippen molar-refractivity contribution in [3.63, 3.8) is 0 Å². The molecule has 0 aliphatic carbocycles. The Hall–Kier alpha value is -0.0800. The highest BCUT2D eigenvalue weighted by molar-refractivity contribution is 6.27. The van der Waals surface area contributed by atoms with Crippen molar-refractivity contribution < 1.29 is 4.58 Å². The first-order valence-corrected chi connectivity index (χ1v) is 3.76. The molecule has 0 aromatic carbocycles. The molecule has 0 saturated carbocycles. The molecule has 0 aliphatic heterocycles. The molecule has 0 saturated heterocycles. The van der Waals surface area contributed by atoms with Gasteiger partial charge in [-0.3, -0.25) is 0 Å². The number of nitrogens with zero attached hydrogens (tertiary/aromatic N) is 2. The molecule has 2 nitrogen and oxygen atoms in total. The fourth-order valence-corrected chi connectivity index (χ4v) is 1.22. The van der Waals surface area contributed by atoms with Gasteiger partial charge in [0, 0.05) is 6.54 Å². The monoisotopic (exact) mass is 163 g/mol. The molecule has 0 aromatic rings. The molecule has 0 heterocycles. The second-order valence-electron chi connectivity index (χ2n) is 2.89. The highest BCUT2D eigenvalue weighted by Gasteiger charge is 2.04. The van der Waals surface area contributed by atoms with Crippen LogP contribution in [-0.4, -0.2) is 55.8 Å². The van der Waals surface area contributed by atoms with Crippen molar-refractivity contribution in [2.75, 3.05) is 34.7 Å². The SMILES string of the molecule is CN(C)CC(Cl)C=[N+](C)C. The molecule has 0 spiro atoms. The van der Waals surface area contributed by atoms with Crippen LogP contribution in [0.2, 0.25) is 0 Å². The smallest absolute Gasteiger partial charge is 0.158 e. The van der Waals surface area contributed by atoms with Crippen LogP contribution >= 0.6 is 11.6 Å². The van der Waals surface area contributed by atoms with E-state index in [4.69, 9.17) is 11.6 Å². The fraction of sp³-hybridized carbons (Fsp3) is 0.857. The zero-order valence-electron chi connectivity index (χ0n) is 7.13. The van der Waals surface area contributed by atoms with Crippen molar-refractivity contribution in [1.82, 2.24) is 4.90 Å². The summed E-state index contributed by atoms with van der Waals surface area (Å²) in [6, 6.07) is 0. The van der Waals surface area contributed by atoms with Crippen molar-refractivity contribution in [2.24, 2.45) is 0 Å². The lowest BCUT2D eigenvalue weighted by molar-refractivity contribution is -0.460. The molecule has 10 heavy (non-hydrogen) atoms. The second kappa shape index (κ2) is 4.69. The quantitative estimate of drug-likeness (QED) is 0.334. The molecular weight excluding hydrogens is 148 g/mol. The summed E-state index contributed by atoms with van der Waals surface area (Å²) in [5.41, 5.74) is 0. The number of hydrogen-bond donors (Lipinski definition) is 0. The molecule has 0 fully saturated rings. The summed E-state index contributed by atoms with van der Waals surface area (Å²) in [6.07, 6.45) is 1.99. The minimum absolute atomic E-state index is 0.116. The van der Waals surface area contributed by atoms with Crippen LogP contribution in [0, 0.1) is 0 Å². The van der Waals surface area contributed by atoms with Gasteiger partial charge in [0.25, 0.3) is 0 Å². The standard InChI is InChI=1S/C7H16ClN2/c1-9(2)5-7(8)6-10(3)4/h5,7H,6H2,1-4H3/q+1. The molecule has 0 N–H and O–H groups in total. The maximum Gasteiger partial charge on any atom is 0.158 e. The van der Waals surface area contributed by atoms with Gasteiger partial charge in [-0.25, -0.2) is 4.58 Å². The Morgan fingerprint density at radius 2 is 2.00 bits per heavy atom. The normalized spacial score (nSPS) is 13.4. The minimum Gasteiger partial charge on any atom is -0.307 e. The maximum atomic E-state index is 5.93. The van der Waals surface area contributed by atoms with Crippen LogP contribution in [0.5, 0.6) is 0 Å². The van der Waals surface area contributed by atoms with E-state index in [2.05, 4.69) is 4.90 Å². The Morgan fingerprint density at radius 1 is 1.50 bits per heavy atom. The lowest BCUT2D eigenvalue weighted by Crippen LogP contribution is -2.25. The van der Waals surface area contributed by atoms with E-state index in [1.54, 1.807) is 0 Å². The summed E-state index contributed by atoms with van der Waals surface area (Å²) in [5, 5.41) is 0.116. The van der Waals surface area contributed by atoms with Crippen LogP contribution in [0.1, 0.15) is 0 Å². The molecule has 1 unspecified atom stereocenters. The first-order chi connectivity index (χ1) is 4.52. The van der Waals surface area contributed by atoms with Gasteiger partial charge < -0.3 is 4.90 Å². The van der Waals surface area contributed by atoms with Crippen molar-refractivity contribution in [1.29, 1.82) is 0 Å². The third-order valence-electron chi connectivity index (χ3n) is 0.999. The van der Waals surface area contributed by atoms with E-state index in [1.165, 1.54) is 0 Å². The van der Waals surface area contributed by atoms with Crippen molar-refractivity contribution in [2.45, 2.75) is 5.38 Å². The zero-order valence-corrected chi connectivity index (χ0v) is 7.89. The van der Waals surface area contributed by atoms with Crippen LogP contribution < -0.4 is 0 Å². The van der Waals surface area contributed by atoms with E-state index < -0.39 is 0 Å². The van der Waals surface area contributed by atoms with Crippen molar-refractivity contribution >= 4 is 17.8 Å². The average Bonchev–Trinajstić information content (AvgIpc) is 1.58. The van der Waals surface area contributed by atoms with Gasteiger partial charge in [0.05, 0.1) is 0 Å². The molecule has 0 amide bonds. The molecule has 3 heteroatoms. The van der Waals surface area contributed by atoms with E-state index in [0.29, 0.717) is 0 Å². The molecule has 1 atom stereocenters. The first-order valence-electron chi connectivity index (χ1n) is 3.32. The van der Waals surface area contributed by atoms with Crippen LogP contribution in [0.15, 0.2) is 0 Å². The molecule has 0 radical (unpaired) electrons. The second-order valence-corrected chi connectivity index (χ2v) is 3.45. The number of halogens is 1. The Labute approximate surface area is 68.1 Å². The maximum absolute atomic E-state index is 5.93. The third-order valence-corrected chi connectivity index (χ3v) is 1.25. The predicted molar refractivity (Wildman–Crippen MR) is 46.4 cm³/mol. The Kier molecular flexibility index (Phi) is 4.65. The summed E-state index contributed by atoms with van der Waals surface area (Å²) in [4.78, 5) is 2.07. The Morgan fingerprint density at radius 3 is 2.30 bits per heavy atom. The van der Waals surface area contributed by atoms with Crippen LogP contribution in [-0.2, 0) is 0 Å². The Balaban J connectivity index is 3.64. The lowest BCUT2D eigenvalue weighted by Gasteiger charge is -2.09. The van der Waals surface area contributed by atoms with Gasteiger partial charge in [-0.1, -0.05) is 0 Å². The average molecular weight is 164 g/mol. The van der Waals surface area contributed by atoms with Crippen LogP contribution in [0.4, 0.5) is 0 Å². The van der Waals surface area contributed by atoms with Gasteiger partial charge in [0.15, 0.2) is 6.21 Å². The van der Waals surface area contributed by atoms with Crippen molar-refractivity contribution in [3.8, 4) is 0 Å². The van der Waals surface area contributed by atoms with Crippen LogP contribution in [0.25, 0.3) is 0 Å². The van der Waals surface area contributed by atoms with Gasteiger partial charge in [0.2, 0.25) is 0 Å². The fourth-order valence-electron chi connectivity index (χ4n) is 0.719. The van der Waals surface area contributed by atoms with Gasteiger partial charge in [-0.05, 0) is 14.1 Å². The summed E-state index contributed by atoms with van der Waals surface area (Å²) in [7, 11) is 7.98. The van der Waals surface area contributed by atoms with Crippen molar-refractivity contribution in [3.05, 3.63) is 0 Å². The number of rotatable bonds is 3.